The molecular weight excluding hydrogens is 449 g/mol. The van der Waals surface area contributed by atoms with Crippen LogP contribution in [0.2, 0.25) is 0 Å². The van der Waals surface area contributed by atoms with Crippen LogP contribution in [0.4, 0.5) is 13.2 Å². The molecular formula is C26H25F3O5. The summed E-state index contributed by atoms with van der Waals surface area (Å²) in [4.78, 5) is 11.1. The predicted molar refractivity (Wildman–Crippen MR) is 120 cm³/mol. The van der Waals surface area contributed by atoms with Crippen molar-refractivity contribution in [2.75, 3.05) is 6.61 Å². The lowest BCUT2D eigenvalue weighted by molar-refractivity contribution is -0.138. The molecule has 180 valence electrons. The first-order valence-corrected chi connectivity index (χ1v) is 10.8. The van der Waals surface area contributed by atoms with E-state index in [-0.39, 0.29) is 13.0 Å². The molecule has 8 heteroatoms. The largest absolute Gasteiger partial charge is 0.493 e. The Morgan fingerprint density at radius 2 is 1.41 bits per heavy atom. The molecule has 0 heterocycles. The summed E-state index contributed by atoms with van der Waals surface area (Å²) in [6.07, 6.45) is -2.66. The molecule has 0 radical (unpaired) electrons. The molecule has 0 atom stereocenters. The minimum atomic E-state index is -4.39. The van der Waals surface area contributed by atoms with Crippen LogP contribution < -0.4 is 14.2 Å². The van der Waals surface area contributed by atoms with E-state index in [1.807, 2.05) is 0 Å². The van der Waals surface area contributed by atoms with Crippen LogP contribution in [-0.2, 0) is 24.0 Å². The molecule has 0 amide bonds. The highest BCUT2D eigenvalue weighted by Gasteiger charge is 2.30. The molecule has 0 aromatic heterocycles. The number of carbonyl (C=O) groups is 1. The standard InChI is InChI=1S/C26H25F3O5/c1-2-3-12-32-23-13-19(15-25(30)31)14-24(16-23)33-17-18-4-8-21(9-5-18)34-22-10-6-20(7-11-22)26(27,28)29/h4-11,13-14,16H,2-3,12,15,17H2,1H3,(H,30,31). The van der Waals surface area contributed by atoms with Crippen LogP contribution in [0.1, 0.15) is 36.5 Å². The first-order valence-electron chi connectivity index (χ1n) is 10.8. The van der Waals surface area contributed by atoms with Crippen molar-refractivity contribution in [3.8, 4) is 23.0 Å². The second-order valence-corrected chi connectivity index (χ2v) is 7.64. The Labute approximate surface area is 195 Å². The SMILES string of the molecule is CCCCOc1cc(CC(=O)O)cc(OCc2ccc(Oc3ccc(C(F)(F)F)cc3)cc2)c1. The van der Waals surface area contributed by atoms with Crippen LogP contribution in [0.5, 0.6) is 23.0 Å². The third-order valence-electron chi connectivity index (χ3n) is 4.81. The van der Waals surface area contributed by atoms with E-state index in [0.29, 0.717) is 35.2 Å². The summed E-state index contributed by atoms with van der Waals surface area (Å²) in [5.41, 5.74) is 0.673. The van der Waals surface area contributed by atoms with Gasteiger partial charge in [-0.15, -0.1) is 0 Å². The van der Waals surface area contributed by atoms with Gasteiger partial charge in [0.1, 0.15) is 29.6 Å². The Bertz CT molecular complexity index is 1080. The second kappa shape index (κ2) is 11.4. The Morgan fingerprint density at radius 3 is 1.97 bits per heavy atom. The van der Waals surface area contributed by atoms with E-state index in [9.17, 15) is 18.0 Å². The van der Waals surface area contributed by atoms with Gasteiger partial charge in [-0.3, -0.25) is 4.79 Å². The Balaban J connectivity index is 1.61. The molecule has 5 nitrogen and oxygen atoms in total. The van der Waals surface area contributed by atoms with Gasteiger partial charge in [0.2, 0.25) is 0 Å². The average molecular weight is 474 g/mol. The van der Waals surface area contributed by atoms with Crippen molar-refractivity contribution >= 4 is 5.97 Å². The minimum absolute atomic E-state index is 0.142. The smallest absolute Gasteiger partial charge is 0.416 e. The lowest BCUT2D eigenvalue weighted by atomic mass is 10.1. The first kappa shape index (κ1) is 25.0. The summed E-state index contributed by atoms with van der Waals surface area (Å²) in [6.45, 7) is 2.82. The number of rotatable bonds is 11. The van der Waals surface area contributed by atoms with E-state index in [1.54, 1.807) is 42.5 Å². The molecule has 0 bridgehead atoms. The van der Waals surface area contributed by atoms with Gasteiger partial charge in [0, 0.05) is 6.07 Å². The van der Waals surface area contributed by atoms with Crippen molar-refractivity contribution in [3.05, 3.63) is 83.4 Å². The van der Waals surface area contributed by atoms with E-state index in [0.717, 1.165) is 30.5 Å². The van der Waals surface area contributed by atoms with Gasteiger partial charge in [-0.1, -0.05) is 25.5 Å². The fraction of sp³-hybridized carbons (Fsp3) is 0.269. The van der Waals surface area contributed by atoms with Crippen LogP contribution >= 0.6 is 0 Å². The van der Waals surface area contributed by atoms with Gasteiger partial charge < -0.3 is 19.3 Å². The second-order valence-electron chi connectivity index (χ2n) is 7.64. The van der Waals surface area contributed by atoms with Gasteiger partial charge in [-0.2, -0.15) is 13.2 Å². The molecule has 0 spiro atoms. The average Bonchev–Trinajstić information content (AvgIpc) is 2.78. The van der Waals surface area contributed by atoms with E-state index in [4.69, 9.17) is 19.3 Å². The van der Waals surface area contributed by atoms with E-state index in [1.165, 1.54) is 12.1 Å². The molecule has 3 aromatic rings. The van der Waals surface area contributed by atoms with Crippen molar-refractivity contribution in [2.24, 2.45) is 0 Å². The number of carboxylic acid groups (broad SMARTS) is 1. The number of aliphatic carboxylic acids is 1. The third-order valence-corrected chi connectivity index (χ3v) is 4.81. The number of halogens is 3. The molecule has 0 aliphatic rings. The zero-order chi connectivity index (χ0) is 24.6. The fourth-order valence-corrected chi connectivity index (χ4v) is 3.08. The minimum Gasteiger partial charge on any atom is -0.493 e. The van der Waals surface area contributed by atoms with Crippen molar-refractivity contribution < 1.29 is 37.3 Å². The molecule has 3 rings (SSSR count). The Hall–Kier alpha value is -3.68. The zero-order valence-electron chi connectivity index (χ0n) is 18.6. The molecule has 3 aromatic carbocycles. The van der Waals surface area contributed by atoms with E-state index >= 15 is 0 Å². The monoisotopic (exact) mass is 474 g/mol. The highest BCUT2D eigenvalue weighted by Crippen LogP contribution is 2.31. The maximum absolute atomic E-state index is 12.7. The summed E-state index contributed by atoms with van der Waals surface area (Å²) >= 11 is 0. The van der Waals surface area contributed by atoms with Crippen molar-refractivity contribution in [3.63, 3.8) is 0 Å². The van der Waals surface area contributed by atoms with E-state index < -0.39 is 17.7 Å². The van der Waals surface area contributed by atoms with E-state index in [2.05, 4.69) is 6.92 Å². The highest BCUT2D eigenvalue weighted by atomic mass is 19.4. The highest BCUT2D eigenvalue weighted by molar-refractivity contribution is 5.70. The summed E-state index contributed by atoms with van der Waals surface area (Å²) in [7, 11) is 0. The molecule has 0 unspecified atom stereocenters. The van der Waals surface area contributed by atoms with Gasteiger partial charge in [0.05, 0.1) is 18.6 Å². The van der Waals surface area contributed by atoms with Crippen LogP contribution in [0.15, 0.2) is 66.7 Å². The van der Waals surface area contributed by atoms with Gasteiger partial charge in [0.25, 0.3) is 0 Å². The van der Waals surface area contributed by atoms with Gasteiger partial charge in [-0.05, 0) is 66.1 Å². The number of hydrogen-bond donors (Lipinski definition) is 1. The maximum Gasteiger partial charge on any atom is 0.416 e. The number of unbranched alkanes of at least 4 members (excludes halogenated alkanes) is 1. The van der Waals surface area contributed by atoms with Gasteiger partial charge >= 0.3 is 12.1 Å². The van der Waals surface area contributed by atoms with Crippen molar-refractivity contribution in [2.45, 2.75) is 39.0 Å². The molecule has 0 fully saturated rings. The summed E-state index contributed by atoms with van der Waals surface area (Å²) in [5.74, 6) is 0.875. The van der Waals surface area contributed by atoms with Crippen molar-refractivity contribution in [1.29, 1.82) is 0 Å². The molecule has 1 N–H and O–H groups in total. The topological polar surface area (TPSA) is 65.0 Å². The summed E-state index contributed by atoms with van der Waals surface area (Å²) < 4.78 is 55.2. The van der Waals surface area contributed by atoms with Crippen LogP contribution in [0.3, 0.4) is 0 Å². The predicted octanol–water partition coefficient (Wildman–Crippen LogP) is 6.88. The lowest BCUT2D eigenvalue weighted by Crippen LogP contribution is -2.04. The van der Waals surface area contributed by atoms with Gasteiger partial charge in [-0.25, -0.2) is 0 Å². The van der Waals surface area contributed by atoms with Crippen LogP contribution in [0.25, 0.3) is 0 Å². The zero-order valence-corrected chi connectivity index (χ0v) is 18.6. The molecule has 0 aliphatic carbocycles. The molecule has 34 heavy (non-hydrogen) atoms. The summed E-state index contributed by atoms with van der Waals surface area (Å²) in [6, 6.07) is 16.5. The number of ether oxygens (including phenoxy) is 3. The maximum atomic E-state index is 12.7. The van der Waals surface area contributed by atoms with Crippen LogP contribution in [-0.4, -0.2) is 17.7 Å². The summed E-state index contributed by atoms with van der Waals surface area (Å²) in [5, 5.41) is 9.11. The lowest BCUT2D eigenvalue weighted by Gasteiger charge is -2.12. The Kier molecular flexibility index (Phi) is 8.40. The fourth-order valence-electron chi connectivity index (χ4n) is 3.08. The normalized spacial score (nSPS) is 11.2. The van der Waals surface area contributed by atoms with Gasteiger partial charge in [0.15, 0.2) is 0 Å². The number of benzene rings is 3. The number of alkyl halides is 3. The van der Waals surface area contributed by atoms with Crippen LogP contribution in [0, 0.1) is 0 Å². The molecule has 0 saturated carbocycles. The first-order chi connectivity index (χ1) is 16.2. The third kappa shape index (κ3) is 7.72. The molecule has 0 aliphatic heterocycles. The number of hydrogen-bond acceptors (Lipinski definition) is 4. The number of carboxylic acids is 1. The Morgan fingerprint density at radius 1 is 0.824 bits per heavy atom. The van der Waals surface area contributed by atoms with Crippen molar-refractivity contribution in [1.82, 2.24) is 0 Å². The molecule has 0 saturated heterocycles. The quantitative estimate of drug-likeness (QED) is 0.307.